The van der Waals surface area contributed by atoms with E-state index in [-0.39, 0.29) is 30.4 Å². The van der Waals surface area contributed by atoms with Crippen molar-refractivity contribution in [2.75, 3.05) is 0 Å². The van der Waals surface area contributed by atoms with Gasteiger partial charge in [-0.2, -0.15) is 0 Å². The van der Waals surface area contributed by atoms with Gasteiger partial charge in [-0.05, 0) is 47.8 Å². The van der Waals surface area contributed by atoms with Crippen molar-refractivity contribution in [2.45, 2.75) is 51.2 Å². The summed E-state index contributed by atoms with van der Waals surface area (Å²) >= 11 is 0. The summed E-state index contributed by atoms with van der Waals surface area (Å²) in [6.07, 6.45) is 4.05. The van der Waals surface area contributed by atoms with Gasteiger partial charge in [0.25, 0.3) is 0 Å². The zero-order valence-corrected chi connectivity index (χ0v) is 14.0. The summed E-state index contributed by atoms with van der Waals surface area (Å²) in [5.41, 5.74) is 5.59. The molecule has 0 spiro atoms. The van der Waals surface area contributed by atoms with Gasteiger partial charge in [-0.1, -0.05) is 26.0 Å². The van der Waals surface area contributed by atoms with Crippen LogP contribution in [0.25, 0.3) is 0 Å². The largest absolute Gasteiger partial charge is 0.508 e. The zero-order chi connectivity index (χ0) is 17.4. The van der Waals surface area contributed by atoms with E-state index in [2.05, 4.69) is 0 Å². The molecule has 0 bridgehead atoms. The van der Waals surface area contributed by atoms with Crippen LogP contribution < -0.4 is 5.73 Å². The molecular formula is C19H25F2NO2. The summed E-state index contributed by atoms with van der Waals surface area (Å²) in [7, 11) is 0. The van der Waals surface area contributed by atoms with Crippen LogP contribution in [0.2, 0.25) is 0 Å². The second kappa shape index (κ2) is 4.92. The molecule has 4 aliphatic carbocycles. The average molecular weight is 337 g/mol. The predicted molar refractivity (Wildman–Crippen MR) is 87.6 cm³/mol. The van der Waals surface area contributed by atoms with Crippen LogP contribution in [0.3, 0.4) is 0 Å². The second-order valence-electron chi connectivity index (χ2n) is 8.51. The van der Waals surface area contributed by atoms with Crippen LogP contribution in [0.5, 0.6) is 0 Å². The highest BCUT2D eigenvalue weighted by molar-refractivity contribution is 5.44. The summed E-state index contributed by atoms with van der Waals surface area (Å²) in [4.78, 5) is 0. The monoisotopic (exact) mass is 337 g/mol. The number of alkyl halides is 2. The number of halogens is 2. The van der Waals surface area contributed by atoms with Gasteiger partial charge in [0.15, 0.2) is 0 Å². The first-order valence-electron chi connectivity index (χ1n) is 8.72. The number of rotatable bonds is 0. The summed E-state index contributed by atoms with van der Waals surface area (Å²) < 4.78 is 29.7. The highest BCUT2D eigenvalue weighted by Gasteiger charge is 2.65. The lowest BCUT2D eigenvalue weighted by Crippen LogP contribution is -2.59. The third kappa shape index (κ3) is 1.88. The van der Waals surface area contributed by atoms with Crippen molar-refractivity contribution in [3.63, 3.8) is 0 Å². The third-order valence-electron chi connectivity index (χ3n) is 7.34. The Morgan fingerprint density at radius 2 is 1.96 bits per heavy atom. The van der Waals surface area contributed by atoms with Gasteiger partial charge in [-0.15, -0.1) is 0 Å². The second-order valence-corrected chi connectivity index (χ2v) is 8.51. The molecule has 0 aliphatic heterocycles. The fourth-order valence-electron chi connectivity index (χ4n) is 6.01. The maximum Gasteiger partial charge on any atom is 0.116 e. The first-order valence-corrected chi connectivity index (χ1v) is 8.72. The van der Waals surface area contributed by atoms with Crippen molar-refractivity contribution in [1.29, 1.82) is 0 Å². The van der Waals surface area contributed by atoms with Crippen LogP contribution in [0.1, 0.15) is 26.7 Å². The normalized spacial score (nSPS) is 56.0. The van der Waals surface area contributed by atoms with Crippen LogP contribution in [-0.4, -0.2) is 34.7 Å². The molecule has 132 valence electrons. The summed E-state index contributed by atoms with van der Waals surface area (Å²) in [5, 5.41) is 20.5. The van der Waals surface area contributed by atoms with Gasteiger partial charge in [-0.3, -0.25) is 0 Å². The number of hydrogen-bond donors (Lipinski definition) is 3. The Hall–Kier alpha value is -1.20. The van der Waals surface area contributed by atoms with Gasteiger partial charge >= 0.3 is 0 Å². The van der Waals surface area contributed by atoms with E-state index in [1.807, 2.05) is 19.9 Å². The van der Waals surface area contributed by atoms with Crippen molar-refractivity contribution in [2.24, 2.45) is 34.3 Å². The van der Waals surface area contributed by atoms with Crippen molar-refractivity contribution in [3.05, 3.63) is 35.6 Å². The molecule has 0 amide bonds. The Balaban J connectivity index is 1.83. The van der Waals surface area contributed by atoms with Gasteiger partial charge in [0, 0.05) is 17.4 Å². The molecular weight excluding hydrogens is 312 g/mol. The van der Waals surface area contributed by atoms with E-state index in [4.69, 9.17) is 5.73 Å². The lowest BCUT2D eigenvalue weighted by atomic mass is 9.48. The van der Waals surface area contributed by atoms with Gasteiger partial charge in [0.05, 0.1) is 6.10 Å². The number of aliphatic hydroxyl groups excluding tert-OH is 2. The van der Waals surface area contributed by atoms with E-state index < -0.39 is 41.2 Å². The molecule has 0 saturated heterocycles. The molecule has 4 N–H and O–H groups in total. The summed E-state index contributed by atoms with van der Waals surface area (Å²) in [6.45, 7) is 3.82. The van der Waals surface area contributed by atoms with Gasteiger partial charge in [-0.25, -0.2) is 8.78 Å². The minimum atomic E-state index is -1.17. The van der Waals surface area contributed by atoms with E-state index in [0.29, 0.717) is 0 Å². The van der Waals surface area contributed by atoms with E-state index in [1.54, 1.807) is 18.2 Å². The van der Waals surface area contributed by atoms with Crippen LogP contribution in [0.4, 0.5) is 8.78 Å². The highest BCUT2D eigenvalue weighted by Crippen LogP contribution is 2.64. The molecule has 9 atom stereocenters. The minimum absolute atomic E-state index is 0.104. The molecule has 24 heavy (non-hydrogen) atoms. The molecule has 0 heterocycles. The average Bonchev–Trinajstić information content (AvgIpc) is 2.72. The molecule has 4 rings (SSSR count). The van der Waals surface area contributed by atoms with E-state index in [1.165, 1.54) is 0 Å². The molecule has 2 saturated carbocycles. The molecule has 4 aliphatic rings. The van der Waals surface area contributed by atoms with Crippen LogP contribution in [-0.2, 0) is 0 Å². The topological polar surface area (TPSA) is 66.5 Å². The SMILES string of the molecule is C[C@]12C[C@H](F)[C@H]3[C@@H]([C@@H](O)C=C4C=C(O)C=C[C@@]43C)[C@@H]1C[C@@H](F)[C@@H]2N. The number of allylic oxidation sites excluding steroid dienone is 4. The first-order chi connectivity index (χ1) is 11.2. The Kier molecular flexibility index (Phi) is 3.33. The highest BCUT2D eigenvalue weighted by atomic mass is 19.1. The fraction of sp³-hybridized carbons (Fsp3) is 0.684. The van der Waals surface area contributed by atoms with Gasteiger partial charge in [0.2, 0.25) is 0 Å². The summed E-state index contributed by atoms with van der Waals surface area (Å²) in [6, 6.07) is -0.682. The molecule has 0 aromatic rings. The third-order valence-corrected chi connectivity index (χ3v) is 7.34. The Morgan fingerprint density at radius 3 is 2.67 bits per heavy atom. The van der Waals surface area contributed by atoms with Crippen molar-refractivity contribution < 1.29 is 19.0 Å². The molecule has 0 aromatic carbocycles. The molecule has 0 radical (unpaired) electrons. The van der Waals surface area contributed by atoms with Gasteiger partial charge in [0.1, 0.15) is 18.1 Å². The Labute approximate surface area is 140 Å². The molecule has 0 unspecified atom stereocenters. The smallest absolute Gasteiger partial charge is 0.116 e. The molecule has 5 heteroatoms. The van der Waals surface area contributed by atoms with E-state index >= 15 is 4.39 Å². The quantitative estimate of drug-likeness (QED) is 0.637. The first kappa shape index (κ1) is 16.3. The van der Waals surface area contributed by atoms with Crippen LogP contribution in [0.15, 0.2) is 35.6 Å². The Morgan fingerprint density at radius 1 is 1.25 bits per heavy atom. The van der Waals surface area contributed by atoms with Crippen molar-refractivity contribution in [3.8, 4) is 0 Å². The van der Waals surface area contributed by atoms with Gasteiger partial charge < -0.3 is 15.9 Å². The molecule has 0 aromatic heterocycles. The van der Waals surface area contributed by atoms with E-state index in [9.17, 15) is 14.6 Å². The van der Waals surface area contributed by atoms with Crippen molar-refractivity contribution in [1.82, 2.24) is 0 Å². The molecule has 2 fully saturated rings. The van der Waals surface area contributed by atoms with Crippen molar-refractivity contribution >= 4 is 0 Å². The number of aliphatic hydroxyl groups is 2. The fourth-order valence-corrected chi connectivity index (χ4v) is 6.01. The van der Waals surface area contributed by atoms with E-state index in [0.717, 1.165) is 5.57 Å². The standard InChI is InChI=1S/C19H25F2NO2/c1-18-4-3-10(23)5-9(18)6-14(24)15-11-7-12(20)17(22)19(11,2)8-13(21)16(15)18/h3-6,11-17,23-24H,7-8,22H2,1-2H3/t11-,12+,13-,14-,15+,16-,17-,18-,19-/m0/s1. The predicted octanol–water partition coefficient (Wildman–Crippen LogP) is 2.97. The maximum atomic E-state index is 15.4. The summed E-state index contributed by atoms with van der Waals surface area (Å²) in [5.74, 6) is -0.842. The Bertz CT molecular complexity index is 660. The number of nitrogens with two attached hydrogens (primary N) is 1. The van der Waals surface area contributed by atoms with Crippen LogP contribution in [0, 0.1) is 28.6 Å². The lowest BCUT2D eigenvalue weighted by molar-refractivity contribution is -0.103. The minimum Gasteiger partial charge on any atom is -0.508 e. The lowest BCUT2D eigenvalue weighted by Gasteiger charge is -2.57. The maximum absolute atomic E-state index is 15.4. The van der Waals surface area contributed by atoms with Crippen LogP contribution >= 0.6 is 0 Å². The molecule has 3 nitrogen and oxygen atoms in total. The number of hydrogen-bond acceptors (Lipinski definition) is 3. The number of fused-ring (bicyclic) bond motifs is 5. The zero-order valence-electron chi connectivity index (χ0n) is 14.0.